The molecule has 10 heteroatoms. The molecule has 0 aliphatic carbocycles. The lowest BCUT2D eigenvalue weighted by Crippen LogP contribution is -2.22. The molecule has 0 atom stereocenters. The Morgan fingerprint density at radius 2 is 2.11 bits per heavy atom. The molecule has 3 aromatic heterocycles. The number of thiophene rings is 1. The molecule has 7 nitrogen and oxygen atoms in total. The average molecular weight is 405 g/mol. The minimum atomic E-state index is -1.92. The lowest BCUT2D eigenvalue weighted by atomic mass is 10.1. The SMILES string of the molecule is CC(=O)c1ccc(-c2cnc(-c3nn(CC(CN)=C(F)F)c(=O)[nH]3)c(C)c2)s1. The molecule has 3 N–H and O–H groups in total. The highest BCUT2D eigenvalue weighted by atomic mass is 32.1. The summed E-state index contributed by atoms with van der Waals surface area (Å²) < 4.78 is 26.5. The Labute approximate surface area is 162 Å². The van der Waals surface area contributed by atoms with E-state index in [9.17, 15) is 18.4 Å². The molecule has 0 bridgehead atoms. The molecule has 0 aromatic carbocycles. The predicted molar refractivity (Wildman–Crippen MR) is 102 cm³/mol. The zero-order chi connectivity index (χ0) is 20.4. The van der Waals surface area contributed by atoms with Crippen molar-refractivity contribution >= 4 is 17.1 Å². The average Bonchev–Trinajstić information content (AvgIpc) is 3.26. The fourth-order valence-corrected chi connectivity index (χ4v) is 3.47. The molecule has 0 aliphatic rings. The van der Waals surface area contributed by atoms with E-state index < -0.39 is 18.3 Å². The number of pyridine rings is 1. The van der Waals surface area contributed by atoms with Crippen LogP contribution in [0.15, 0.2) is 40.8 Å². The van der Waals surface area contributed by atoms with Gasteiger partial charge in [-0.15, -0.1) is 16.4 Å². The van der Waals surface area contributed by atoms with Gasteiger partial charge in [0.1, 0.15) is 5.69 Å². The van der Waals surface area contributed by atoms with Crippen LogP contribution >= 0.6 is 11.3 Å². The number of nitrogens with two attached hydrogens (primary N) is 1. The monoisotopic (exact) mass is 405 g/mol. The van der Waals surface area contributed by atoms with E-state index in [0.717, 1.165) is 20.7 Å². The summed E-state index contributed by atoms with van der Waals surface area (Å²) in [5.41, 5.74) is 6.29. The van der Waals surface area contributed by atoms with Gasteiger partial charge in [-0.2, -0.15) is 8.78 Å². The third-order valence-electron chi connectivity index (χ3n) is 4.07. The summed E-state index contributed by atoms with van der Waals surface area (Å²) in [6.45, 7) is 2.55. The molecule has 0 spiro atoms. The van der Waals surface area contributed by atoms with Gasteiger partial charge >= 0.3 is 5.69 Å². The summed E-state index contributed by atoms with van der Waals surface area (Å²) in [5, 5.41) is 4.06. The van der Waals surface area contributed by atoms with E-state index >= 15 is 0 Å². The molecule has 0 fully saturated rings. The van der Waals surface area contributed by atoms with Crippen molar-refractivity contribution in [1.82, 2.24) is 19.7 Å². The van der Waals surface area contributed by atoms with Gasteiger partial charge in [0, 0.05) is 28.8 Å². The van der Waals surface area contributed by atoms with Gasteiger partial charge in [-0.1, -0.05) is 0 Å². The van der Waals surface area contributed by atoms with Gasteiger partial charge in [0.2, 0.25) is 0 Å². The first-order valence-corrected chi connectivity index (χ1v) is 9.10. The lowest BCUT2D eigenvalue weighted by Gasteiger charge is -2.04. The summed E-state index contributed by atoms with van der Waals surface area (Å²) in [5.74, 6) is 0.177. The standard InChI is InChI=1S/C18H17F2N5O2S/c1-9-5-11(14-4-3-13(28-14)10(2)26)7-22-15(9)17-23-18(27)25(24-17)8-12(6-21)16(19)20/h3-5,7H,6,8,21H2,1-2H3,(H,23,24,27). The number of rotatable bonds is 6. The second-order valence-electron chi connectivity index (χ2n) is 6.11. The van der Waals surface area contributed by atoms with E-state index in [2.05, 4.69) is 15.1 Å². The van der Waals surface area contributed by atoms with E-state index in [0.29, 0.717) is 10.6 Å². The summed E-state index contributed by atoms with van der Waals surface area (Å²) in [7, 11) is 0. The van der Waals surface area contributed by atoms with Gasteiger partial charge in [0.05, 0.1) is 11.4 Å². The number of hydrogen-bond acceptors (Lipinski definition) is 6. The largest absolute Gasteiger partial charge is 0.343 e. The van der Waals surface area contributed by atoms with E-state index in [4.69, 9.17) is 5.73 Å². The van der Waals surface area contributed by atoms with Gasteiger partial charge in [-0.05, 0) is 37.6 Å². The van der Waals surface area contributed by atoms with Crippen LogP contribution in [0, 0.1) is 6.92 Å². The smallest absolute Gasteiger partial charge is 0.327 e. The van der Waals surface area contributed by atoms with Gasteiger partial charge in [-0.3, -0.25) is 14.8 Å². The Bertz CT molecular complexity index is 1130. The quantitative estimate of drug-likeness (QED) is 0.613. The number of nitrogens with one attached hydrogen (secondary N) is 1. The van der Waals surface area contributed by atoms with Crippen molar-refractivity contribution in [3.05, 3.63) is 57.0 Å². The summed E-state index contributed by atoms with van der Waals surface area (Å²) >= 11 is 1.37. The molecule has 28 heavy (non-hydrogen) atoms. The molecule has 0 aliphatic heterocycles. The van der Waals surface area contributed by atoms with E-state index in [1.807, 2.05) is 12.1 Å². The number of aromatic amines is 1. The summed E-state index contributed by atoms with van der Waals surface area (Å²) in [6, 6.07) is 5.47. The van der Waals surface area contributed by atoms with Crippen molar-refractivity contribution in [2.45, 2.75) is 20.4 Å². The maximum absolute atomic E-state index is 12.8. The molecule has 0 saturated heterocycles. The Balaban J connectivity index is 1.92. The zero-order valence-corrected chi connectivity index (χ0v) is 15.9. The maximum Gasteiger partial charge on any atom is 0.343 e. The Morgan fingerprint density at radius 3 is 2.68 bits per heavy atom. The Morgan fingerprint density at radius 1 is 1.36 bits per heavy atom. The molecular formula is C18H17F2N5O2S. The second kappa shape index (κ2) is 7.95. The second-order valence-corrected chi connectivity index (χ2v) is 7.20. The number of carbonyl (C=O) groups is 1. The number of aromatic nitrogens is 4. The van der Waals surface area contributed by atoms with Crippen LogP contribution in [0.5, 0.6) is 0 Å². The fraction of sp³-hybridized carbons (Fsp3) is 0.222. The summed E-state index contributed by atoms with van der Waals surface area (Å²) in [6.07, 6.45) is -0.305. The number of H-pyrrole nitrogens is 1. The molecule has 0 saturated carbocycles. The van der Waals surface area contributed by atoms with Crippen molar-refractivity contribution < 1.29 is 13.6 Å². The van der Waals surface area contributed by atoms with Crippen molar-refractivity contribution in [2.75, 3.05) is 6.54 Å². The van der Waals surface area contributed by atoms with Gasteiger partial charge in [0.25, 0.3) is 6.08 Å². The van der Waals surface area contributed by atoms with Gasteiger partial charge in [0.15, 0.2) is 11.6 Å². The third-order valence-corrected chi connectivity index (χ3v) is 5.31. The van der Waals surface area contributed by atoms with Crippen LogP contribution in [-0.2, 0) is 6.54 Å². The maximum atomic E-state index is 12.8. The number of Topliss-reactive ketones (excluding diaryl/α,β-unsaturated/α-hetero) is 1. The van der Waals surface area contributed by atoms with Crippen LogP contribution in [0.4, 0.5) is 8.78 Å². The minimum Gasteiger partial charge on any atom is -0.327 e. The van der Waals surface area contributed by atoms with Crippen LogP contribution in [0.1, 0.15) is 22.2 Å². The Kier molecular flexibility index (Phi) is 5.61. The fourth-order valence-electron chi connectivity index (χ4n) is 2.59. The van der Waals surface area contributed by atoms with E-state index in [1.165, 1.54) is 18.3 Å². The molecule has 0 amide bonds. The number of aryl methyl sites for hydroxylation is 1. The number of ketones is 1. The highest BCUT2D eigenvalue weighted by Crippen LogP contribution is 2.30. The van der Waals surface area contributed by atoms with Crippen LogP contribution in [0.2, 0.25) is 0 Å². The topological polar surface area (TPSA) is 107 Å². The number of nitrogens with zero attached hydrogens (tertiary/aromatic N) is 3. The first kappa shape index (κ1) is 19.8. The highest BCUT2D eigenvalue weighted by molar-refractivity contribution is 7.17. The molecular weight excluding hydrogens is 388 g/mol. The van der Waals surface area contributed by atoms with Crippen molar-refractivity contribution in [3.63, 3.8) is 0 Å². The van der Waals surface area contributed by atoms with Crippen LogP contribution in [0.3, 0.4) is 0 Å². The molecule has 0 unspecified atom stereocenters. The first-order valence-electron chi connectivity index (χ1n) is 8.28. The molecule has 3 rings (SSSR count). The molecule has 3 aromatic rings. The Hall–Kier alpha value is -2.98. The third kappa shape index (κ3) is 3.97. The van der Waals surface area contributed by atoms with Crippen molar-refractivity contribution in [2.24, 2.45) is 5.73 Å². The van der Waals surface area contributed by atoms with Gasteiger partial charge in [-0.25, -0.2) is 9.48 Å². The first-order chi connectivity index (χ1) is 13.3. The lowest BCUT2D eigenvalue weighted by molar-refractivity contribution is 0.102. The van der Waals surface area contributed by atoms with Gasteiger partial charge < -0.3 is 5.73 Å². The number of hydrogen-bond donors (Lipinski definition) is 2. The predicted octanol–water partition coefficient (Wildman–Crippen LogP) is 2.98. The van der Waals surface area contributed by atoms with Crippen LogP contribution < -0.4 is 11.4 Å². The van der Waals surface area contributed by atoms with E-state index in [1.54, 1.807) is 19.2 Å². The molecule has 3 heterocycles. The van der Waals surface area contributed by atoms with E-state index in [-0.39, 0.29) is 23.7 Å². The van der Waals surface area contributed by atoms with Crippen LogP contribution in [-0.4, -0.2) is 32.1 Å². The van der Waals surface area contributed by atoms with Crippen molar-refractivity contribution in [3.8, 4) is 22.0 Å². The molecule has 0 radical (unpaired) electrons. The van der Waals surface area contributed by atoms with Crippen molar-refractivity contribution in [1.29, 1.82) is 0 Å². The number of halogens is 2. The molecule has 146 valence electrons. The zero-order valence-electron chi connectivity index (χ0n) is 15.1. The highest BCUT2D eigenvalue weighted by Gasteiger charge is 2.15. The van der Waals surface area contributed by atoms with Crippen LogP contribution in [0.25, 0.3) is 22.0 Å². The normalized spacial score (nSPS) is 10.9. The summed E-state index contributed by atoms with van der Waals surface area (Å²) in [4.78, 5) is 31.9. The number of carbonyl (C=O) groups excluding carboxylic acids is 1. The minimum absolute atomic E-state index is 0.00344.